The van der Waals surface area contributed by atoms with Gasteiger partial charge in [-0.1, -0.05) is 38.0 Å². The van der Waals surface area contributed by atoms with Crippen molar-refractivity contribution in [2.24, 2.45) is 0 Å². The smallest absolute Gasteiger partial charge is 0.243 e. The van der Waals surface area contributed by atoms with Gasteiger partial charge in [0.1, 0.15) is 6.04 Å². The van der Waals surface area contributed by atoms with Crippen LogP contribution in [0.1, 0.15) is 44.6 Å². The number of fused-ring (bicyclic) bond motifs is 1. The zero-order chi connectivity index (χ0) is 14.8. The molecular weight excluding hydrogens is 264 g/mol. The minimum absolute atomic E-state index is 0.0000926. The van der Waals surface area contributed by atoms with E-state index in [9.17, 15) is 9.59 Å². The van der Waals surface area contributed by atoms with Crippen molar-refractivity contribution < 1.29 is 9.59 Å². The lowest BCUT2D eigenvalue weighted by Gasteiger charge is -2.25. The molecule has 0 spiro atoms. The number of rotatable bonds is 3. The summed E-state index contributed by atoms with van der Waals surface area (Å²) in [5.41, 5.74) is 1.99. The molecule has 3 rings (SSSR count). The number of benzene rings is 1. The molecule has 21 heavy (non-hydrogen) atoms. The Hall–Kier alpha value is -1.84. The lowest BCUT2D eigenvalue weighted by Crippen LogP contribution is -2.50. The number of nitrogens with one attached hydrogen (secondary N) is 1. The molecule has 1 unspecified atom stereocenters. The molecule has 1 heterocycles. The minimum Gasteiger partial charge on any atom is -0.352 e. The summed E-state index contributed by atoms with van der Waals surface area (Å²) >= 11 is 0. The fourth-order valence-corrected chi connectivity index (χ4v) is 3.44. The van der Waals surface area contributed by atoms with Crippen LogP contribution in [-0.4, -0.2) is 23.9 Å². The highest BCUT2D eigenvalue weighted by atomic mass is 16.2. The highest BCUT2D eigenvalue weighted by Gasteiger charge is 2.38. The van der Waals surface area contributed by atoms with Gasteiger partial charge in [-0.25, -0.2) is 0 Å². The van der Waals surface area contributed by atoms with Crippen molar-refractivity contribution in [2.45, 2.75) is 57.5 Å². The summed E-state index contributed by atoms with van der Waals surface area (Å²) in [6.45, 7) is 1.84. The lowest BCUT2D eigenvalue weighted by molar-refractivity contribution is -0.126. The first kappa shape index (κ1) is 14.1. The Morgan fingerprint density at radius 2 is 1.95 bits per heavy atom. The summed E-state index contributed by atoms with van der Waals surface area (Å²) in [5.74, 6) is 0.0198. The minimum atomic E-state index is -0.379. The maximum Gasteiger partial charge on any atom is 0.243 e. The summed E-state index contributed by atoms with van der Waals surface area (Å²) in [6, 6.07) is 7.74. The Morgan fingerprint density at radius 3 is 2.67 bits per heavy atom. The Morgan fingerprint density at radius 1 is 1.24 bits per heavy atom. The van der Waals surface area contributed by atoms with Crippen molar-refractivity contribution in [1.82, 2.24) is 5.32 Å². The number of carbonyl (C=O) groups is 2. The van der Waals surface area contributed by atoms with Crippen molar-refractivity contribution in [3.05, 3.63) is 29.8 Å². The van der Waals surface area contributed by atoms with Crippen LogP contribution in [0.4, 0.5) is 5.69 Å². The third kappa shape index (κ3) is 2.67. The Labute approximate surface area is 125 Å². The van der Waals surface area contributed by atoms with E-state index in [1.165, 1.54) is 12.8 Å². The number of amides is 2. The van der Waals surface area contributed by atoms with Gasteiger partial charge in [-0.2, -0.15) is 0 Å². The lowest BCUT2D eigenvalue weighted by atomic mass is 10.1. The largest absolute Gasteiger partial charge is 0.352 e. The van der Waals surface area contributed by atoms with Crippen molar-refractivity contribution in [3.63, 3.8) is 0 Å². The molecule has 2 aliphatic rings. The van der Waals surface area contributed by atoms with Crippen LogP contribution in [-0.2, 0) is 16.0 Å². The molecule has 0 saturated heterocycles. The summed E-state index contributed by atoms with van der Waals surface area (Å²) in [5, 5.41) is 3.13. The van der Waals surface area contributed by atoms with Crippen molar-refractivity contribution >= 4 is 17.5 Å². The highest BCUT2D eigenvalue weighted by Crippen LogP contribution is 2.33. The van der Waals surface area contributed by atoms with Gasteiger partial charge in [0.05, 0.1) is 0 Å². The van der Waals surface area contributed by atoms with E-state index in [1.54, 1.807) is 4.90 Å². The SMILES string of the molecule is CCC(=O)N1c2ccccc2CC1C(=O)NC1CCCC1. The average Bonchev–Trinajstić information content (AvgIpc) is 3.13. The number of hydrogen-bond acceptors (Lipinski definition) is 2. The van der Waals surface area contributed by atoms with Crippen LogP contribution in [0.15, 0.2) is 24.3 Å². The summed E-state index contributed by atoms with van der Waals surface area (Å²) in [6.07, 6.45) is 5.54. The Kier molecular flexibility index (Phi) is 3.95. The predicted molar refractivity (Wildman–Crippen MR) is 82.1 cm³/mol. The van der Waals surface area contributed by atoms with Crippen LogP contribution in [0, 0.1) is 0 Å². The highest BCUT2D eigenvalue weighted by molar-refractivity contribution is 6.03. The van der Waals surface area contributed by atoms with E-state index in [2.05, 4.69) is 5.32 Å². The first-order chi connectivity index (χ1) is 10.2. The maximum absolute atomic E-state index is 12.6. The molecule has 1 aliphatic heterocycles. The number of hydrogen-bond donors (Lipinski definition) is 1. The quantitative estimate of drug-likeness (QED) is 0.927. The van der Waals surface area contributed by atoms with Gasteiger partial charge in [-0.15, -0.1) is 0 Å². The Balaban J connectivity index is 1.81. The van der Waals surface area contributed by atoms with Crippen molar-refractivity contribution in [1.29, 1.82) is 0 Å². The number of carbonyl (C=O) groups excluding carboxylic acids is 2. The zero-order valence-electron chi connectivity index (χ0n) is 12.5. The van der Waals surface area contributed by atoms with Gasteiger partial charge in [0, 0.05) is 24.6 Å². The van der Waals surface area contributed by atoms with Crippen LogP contribution >= 0.6 is 0 Å². The molecule has 0 radical (unpaired) electrons. The number of anilines is 1. The fourth-order valence-electron chi connectivity index (χ4n) is 3.44. The van der Waals surface area contributed by atoms with Gasteiger partial charge in [-0.3, -0.25) is 14.5 Å². The molecule has 1 N–H and O–H groups in total. The standard InChI is InChI=1S/C17H22N2O2/c1-2-16(20)19-14-10-6-3-7-12(14)11-15(19)17(21)18-13-8-4-5-9-13/h3,6-7,10,13,15H,2,4-5,8-9,11H2,1H3,(H,18,21). The van der Waals surface area contributed by atoms with Crippen molar-refractivity contribution in [2.75, 3.05) is 4.90 Å². The molecule has 2 amide bonds. The van der Waals surface area contributed by atoms with E-state index in [-0.39, 0.29) is 17.9 Å². The topological polar surface area (TPSA) is 49.4 Å². The van der Waals surface area contributed by atoms with E-state index in [0.29, 0.717) is 18.9 Å². The van der Waals surface area contributed by atoms with Crippen LogP contribution in [0.5, 0.6) is 0 Å². The molecule has 4 heteroatoms. The van der Waals surface area contributed by atoms with E-state index in [1.807, 2.05) is 31.2 Å². The molecule has 0 bridgehead atoms. The molecule has 0 aromatic heterocycles. The van der Waals surface area contributed by atoms with E-state index < -0.39 is 0 Å². The average molecular weight is 286 g/mol. The molecule has 1 aromatic carbocycles. The Bertz CT molecular complexity index is 549. The molecule has 1 fully saturated rings. The van der Waals surface area contributed by atoms with Gasteiger partial charge < -0.3 is 5.32 Å². The van der Waals surface area contributed by atoms with Gasteiger partial charge in [-0.05, 0) is 24.5 Å². The van der Waals surface area contributed by atoms with Gasteiger partial charge in [0.2, 0.25) is 11.8 Å². The molecule has 4 nitrogen and oxygen atoms in total. The summed E-state index contributed by atoms with van der Waals surface area (Å²) in [7, 11) is 0. The zero-order valence-corrected chi connectivity index (χ0v) is 12.5. The van der Waals surface area contributed by atoms with E-state index in [0.717, 1.165) is 24.1 Å². The van der Waals surface area contributed by atoms with Crippen LogP contribution < -0.4 is 10.2 Å². The van der Waals surface area contributed by atoms with E-state index >= 15 is 0 Å². The predicted octanol–water partition coefficient (Wildman–Crippen LogP) is 2.41. The molecule has 1 atom stereocenters. The van der Waals surface area contributed by atoms with Gasteiger partial charge in [0.15, 0.2) is 0 Å². The molecular formula is C17H22N2O2. The summed E-state index contributed by atoms with van der Waals surface area (Å²) < 4.78 is 0. The molecule has 1 saturated carbocycles. The maximum atomic E-state index is 12.6. The number of para-hydroxylation sites is 1. The number of nitrogens with zero attached hydrogens (tertiary/aromatic N) is 1. The molecule has 112 valence electrons. The first-order valence-corrected chi connectivity index (χ1v) is 7.91. The van der Waals surface area contributed by atoms with Gasteiger partial charge in [0.25, 0.3) is 0 Å². The summed E-state index contributed by atoms with van der Waals surface area (Å²) in [4.78, 5) is 26.6. The second-order valence-corrected chi connectivity index (χ2v) is 5.96. The van der Waals surface area contributed by atoms with Crippen LogP contribution in [0.2, 0.25) is 0 Å². The van der Waals surface area contributed by atoms with Gasteiger partial charge >= 0.3 is 0 Å². The normalized spacial score (nSPS) is 21.4. The molecule has 1 aromatic rings. The third-order valence-electron chi connectivity index (χ3n) is 4.55. The first-order valence-electron chi connectivity index (χ1n) is 7.91. The van der Waals surface area contributed by atoms with Crippen molar-refractivity contribution in [3.8, 4) is 0 Å². The van der Waals surface area contributed by atoms with E-state index in [4.69, 9.17) is 0 Å². The third-order valence-corrected chi connectivity index (χ3v) is 4.55. The molecule has 1 aliphatic carbocycles. The second-order valence-electron chi connectivity index (χ2n) is 5.96. The second kappa shape index (κ2) is 5.88. The van der Waals surface area contributed by atoms with Crippen LogP contribution in [0.25, 0.3) is 0 Å². The monoisotopic (exact) mass is 286 g/mol. The van der Waals surface area contributed by atoms with Crippen LogP contribution in [0.3, 0.4) is 0 Å². The fraction of sp³-hybridized carbons (Fsp3) is 0.529.